The molecule has 0 bridgehead atoms. The molecule has 0 aromatic rings. The highest BCUT2D eigenvalue weighted by molar-refractivity contribution is 7.80. The summed E-state index contributed by atoms with van der Waals surface area (Å²) in [4.78, 5) is 0. The minimum absolute atomic E-state index is 0.618. The second kappa shape index (κ2) is 4.66. The number of hydrogen-bond donors (Lipinski definition) is 2. The van der Waals surface area contributed by atoms with E-state index in [0.29, 0.717) is 12.0 Å². The molecular formula is C11H20N2OS. The quantitative estimate of drug-likeness (QED) is 0.530. The number of thiocarbonyl (C=S) groups is 1. The zero-order valence-corrected chi connectivity index (χ0v) is 10.2. The van der Waals surface area contributed by atoms with Crippen LogP contribution in [0.4, 0.5) is 0 Å². The summed E-state index contributed by atoms with van der Waals surface area (Å²) in [6, 6.07) is 0. The number of nitrogens with one attached hydrogen (secondary N) is 2. The Kier molecular flexibility index (Phi) is 3.46. The highest BCUT2D eigenvalue weighted by atomic mass is 32.1. The van der Waals surface area contributed by atoms with E-state index in [1.807, 2.05) is 0 Å². The Hall–Kier alpha value is -0.350. The molecule has 0 aliphatic heterocycles. The van der Waals surface area contributed by atoms with Crippen LogP contribution in [0.5, 0.6) is 0 Å². The van der Waals surface area contributed by atoms with E-state index in [1.54, 1.807) is 7.11 Å². The molecule has 0 unspecified atom stereocenters. The molecule has 15 heavy (non-hydrogen) atoms. The lowest BCUT2D eigenvalue weighted by molar-refractivity contribution is 0.204. The third-order valence-corrected chi connectivity index (χ3v) is 3.82. The maximum absolute atomic E-state index is 5.19. The molecule has 0 radical (unpaired) electrons. The van der Waals surface area contributed by atoms with Crippen molar-refractivity contribution in [3.05, 3.63) is 0 Å². The molecule has 86 valence electrons. The molecule has 0 heterocycles. The van der Waals surface area contributed by atoms with Crippen LogP contribution in [0, 0.1) is 11.3 Å². The summed E-state index contributed by atoms with van der Waals surface area (Å²) >= 11 is 5.19. The van der Waals surface area contributed by atoms with Crippen molar-refractivity contribution in [2.24, 2.45) is 11.3 Å². The van der Waals surface area contributed by atoms with Crippen LogP contribution < -0.4 is 10.6 Å². The summed E-state index contributed by atoms with van der Waals surface area (Å²) in [5.41, 5.74) is 0.618. The topological polar surface area (TPSA) is 33.3 Å². The fourth-order valence-corrected chi connectivity index (χ4v) is 2.35. The number of methoxy groups -OCH3 is 1. The van der Waals surface area contributed by atoms with Gasteiger partial charge in [0.2, 0.25) is 0 Å². The van der Waals surface area contributed by atoms with Crippen LogP contribution in [-0.4, -0.2) is 31.9 Å². The molecule has 0 atom stereocenters. The minimum atomic E-state index is 0.618. The van der Waals surface area contributed by atoms with E-state index in [-0.39, 0.29) is 0 Å². The summed E-state index contributed by atoms with van der Waals surface area (Å²) in [5, 5.41) is 7.25. The van der Waals surface area contributed by atoms with Gasteiger partial charge < -0.3 is 15.4 Å². The summed E-state index contributed by atoms with van der Waals surface area (Å²) < 4.78 is 4.95. The second-order valence-corrected chi connectivity index (χ2v) is 5.15. The summed E-state index contributed by atoms with van der Waals surface area (Å²) in [5.74, 6) is 0.992. The molecule has 0 saturated heterocycles. The van der Waals surface area contributed by atoms with Gasteiger partial charge in [0.15, 0.2) is 5.11 Å². The standard InChI is InChI=1S/C11H20N2OS/c1-14-7-6-12-10(15)13-8-11(4-5-11)9-2-3-9/h9H,2-8H2,1H3,(H2,12,13,15). The van der Waals surface area contributed by atoms with Crippen LogP contribution >= 0.6 is 12.2 Å². The first-order valence-electron chi connectivity index (χ1n) is 5.77. The van der Waals surface area contributed by atoms with Gasteiger partial charge in [-0.1, -0.05) is 0 Å². The van der Waals surface area contributed by atoms with Gasteiger partial charge in [0.1, 0.15) is 0 Å². The fourth-order valence-electron chi connectivity index (χ4n) is 2.17. The zero-order valence-electron chi connectivity index (χ0n) is 9.34. The van der Waals surface area contributed by atoms with E-state index in [4.69, 9.17) is 17.0 Å². The third-order valence-electron chi connectivity index (χ3n) is 3.53. The van der Waals surface area contributed by atoms with E-state index in [1.165, 1.54) is 25.7 Å². The molecule has 0 aromatic carbocycles. The molecule has 0 amide bonds. The Morgan fingerprint density at radius 3 is 2.67 bits per heavy atom. The van der Waals surface area contributed by atoms with Crippen molar-refractivity contribution >= 4 is 17.3 Å². The van der Waals surface area contributed by atoms with Crippen LogP contribution in [0.1, 0.15) is 25.7 Å². The van der Waals surface area contributed by atoms with E-state index < -0.39 is 0 Å². The molecule has 2 rings (SSSR count). The molecular weight excluding hydrogens is 208 g/mol. The minimum Gasteiger partial charge on any atom is -0.383 e. The molecule has 3 nitrogen and oxygen atoms in total. The average molecular weight is 228 g/mol. The monoisotopic (exact) mass is 228 g/mol. The highest BCUT2D eigenvalue weighted by Gasteiger charge is 2.53. The maximum atomic E-state index is 5.19. The van der Waals surface area contributed by atoms with Gasteiger partial charge >= 0.3 is 0 Å². The predicted molar refractivity (Wildman–Crippen MR) is 64.9 cm³/mol. The van der Waals surface area contributed by atoms with Gasteiger partial charge in [0.05, 0.1) is 6.61 Å². The molecule has 2 N–H and O–H groups in total. The van der Waals surface area contributed by atoms with Crippen molar-refractivity contribution < 1.29 is 4.74 Å². The van der Waals surface area contributed by atoms with Gasteiger partial charge in [-0.3, -0.25) is 0 Å². The van der Waals surface area contributed by atoms with Crippen molar-refractivity contribution in [1.82, 2.24) is 10.6 Å². The van der Waals surface area contributed by atoms with E-state index in [2.05, 4.69) is 10.6 Å². The van der Waals surface area contributed by atoms with E-state index in [9.17, 15) is 0 Å². The molecule has 2 saturated carbocycles. The first-order chi connectivity index (χ1) is 7.27. The Balaban J connectivity index is 1.58. The van der Waals surface area contributed by atoms with Gasteiger partial charge in [-0.2, -0.15) is 0 Å². The second-order valence-electron chi connectivity index (χ2n) is 4.74. The molecule has 0 spiro atoms. The van der Waals surface area contributed by atoms with Crippen molar-refractivity contribution in [2.75, 3.05) is 26.8 Å². The molecule has 0 aromatic heterocycles. The predicted octanol–water partition coefficient (Wildman–Crippen LogP) is 1.29. The summed E-state index contributed by atoms with van der Waals surface area (Å²) in [7, 11) is 1.70. The van der Waals surface area contributed by atoms with Crippen LogP contribution in [0.15, 0.2) is 0 Å². The van der Waals surface area contributed by atoms with Gasteiger partial charge in [0, 0.05) is 20.2 Å². The van der Waals surface area contributed by atoms with Crippen molar-refractivity contribution in [1.29, 1.82) is 0 Å². The fraction of sp³-hybridized carbons (Fsp3) is 0.909. The SMILES string of the molecule is COCCNC(=S)NCC1(C2CC2)CC1. The van der Waals surface area contributed by atoms with Gasteiger partial charge in [-0.15, -0.1) is 0 Å². The maximum Gasteiger partial charge on any atom is 0.166 e. The molecule has 2 aliphatic carbocycles. The molecule has 2 fully saturated rings. The largest absolute Gasteiger partial charge is 0.383 e. The highest BCUT2D eigenvalue weighted by Crippen LogP contribution is 2.60. The lowest BCUT2D eigenvalue weighted by atomic mass is 10.0. The van der Waals surface area contributed by atoms with Gasteiger partial charge in [-0.05, 0) is 49.2 Å². The number of rotatable bonds is 6. The zero-order chi connectivity index (χ0) is 10.7. The van der Waals surface area contributed by atoms with Crippen molar-refractivity contribution in [3.63, 3.8) is 0 Å². The van der Waals surface area contributed by atoms with Crippen LogP contribution in [0.3, 0.4) is 0 Å². The van der Waals surface area contributed by atoms with Crippen molar-refractivity contribution in [2.45, 2.75) is 25.7 Å². The Morgan fingerprint density at radius 1 is 1.40 bits per heavy atom. The average Bonchev–Trinajstić information content (AvgIpc) is 3.06. The Bertz CT molecular complexity index is 237. The first-order valence-corrected chi connectivity index (χ1v) is 6.18. The summed E-state index contributed by atoms with van der Waals surface area (Å²) in [6.45, 7) is 2.56. The Morgan fingerprint density at radius 2 is 2.13 bits per heavy atom. The molecule has 2 aliphatic rings. The lowest BCUT2D eigenvalue weighted by Crippen LogP contribution is -2.40. The molecule has 4 heteroatoms. The third kappa shape index (κ3) is 3.05. The normalized spacial score (nSPS) is 22.2. The van der Waals surface area contributed by atoms with Crippen LogP contribution in [0.2, 0.25) is 0 Å². The van der Waals surface area contributed by atoms with Crippen molar-refractivity contribution in [3.8, 4) is 0 Å². The number of hydrogen-bond acceptors (Lipinski definition) is 2. The van der Waals surface area contributed by atoms with E-state index >= 15 is 0 Å². The van der Waals surface area contributed by atoms with Gasteiger partial charge in [0.25, 0.3) is 0 Å². The summed E-state index contributed by atoms with van der Waals surface area (Å²) in [6.07, 6.45) is 5.66. The van der Waals surface area contributed by atoms with Crippen LogP contribution in [-0.2, 0) is 4.74 Å². The number of ether oxygens (including phenoxy) is 1. The van der Waals surface area contributed by atoms with Gasteiger partial charge in [-0.25, -0.2) is 0 Å². The first kappa shape index (κ1) is 11.1. The van der Waals surface area contributed by atoms with Crippen LogP contribution in [0.25, 0.3) is 0 Å². The Labute approximate surface area is 96.9 Å². The smallest absolute Gasteiger partial charge is 0.166 e. The lowest BCUT2D eigenvalue weighted by Gasteiger charge is -2.17. The van der Waals surface area contributed by atoms with E-state index in [0.717, 1.165) is 24.1 Å².